The predicted octanol–water partition coefficient (Wildman–Crippen LogP) is 3.56. The molecular formula is C18H17F5N2O2. The lowest BCUT2D eigenvalue weighted by Crippen LogP contribution is -2.45. The van der Waals surface area contributed by atoms with Gasteiger partial charge in [0.05, 0.1) is 11.6 Å². The highest BCUT2D eigenvalue weighted by Crippen LogP contribution is 2.38. The van der Waals surface area contributed by atoms with Gasteiger partial charge in [-0.1, -0.05) is 12.1 Å². The van der Waals surface area contributed by atoms with Crippen LogP contribution in [0.15, 0.2) is 36.4 Å². The summed E-state index contributed by atoms with van der Waals surface area (Å²) in [5.74, 6) is -3.00. The van der Waals surface area contributed by atoms with Gasteiger partial charge in [-0.3, -0.25) is 4.90 Å². The molecule has 1 atom stereocenters. The van der Waals surface area contributed by atoms with Crippen LogP contribution in [0.25, 0.3) is 0 Å². The maximum absolute atomic E-state index is 14.5. The average Bonchev–Trinajstić information content (AvgIpc) is 2.62. The van der Waals surface area contributed by atoms with Crippen LogP contribution in [0.2, 0.25) is 0 Å². The summed E-state index contributed by atoms with van der Waals surface area (Å²) in [7, 11) is 0. The van der Waals surface area contributed by atoms with Gasteiger partial charge in [0.25, 0.3) is 0 Å². The van der Waals surface area contributed by atoms with Crippen molar-refractivity contribution in [2.75, 3.05) is 26.2 Å². The Morgan fingerprint density at radius 2 is 1.56 bits per heavy atom. The first-order chi connectivity index (χ1) is 12.8. The second kappa shape index (κ2) is 7.69. The van der Waals surface area contributed by atoms with Gasteiger partial charge in [0, 0.05) is 26.2 Å². The molecule has 146 valence electrons. The van der Waals surface area contributed by atoms with Gasteiger partial charge in [0.2, 0.25) is 0 Å². The summed E-state index contributed by atoms with van der Waals surface area (Å²) >= 11 is 0. The van der Waals surface area contributed by atoms with Crippen molar-refractivity contribution in [1.29, 1.82) is 0 Å². The van der Waals surface area contributed by atoms with Crippen molar-refractivity contribution in [3.8, 4) is 11.5 Å². The molecule has 0 unspecified atom stereocenters. The second-order valence-corrected chi connectivity index (χ2v) is 6.10. The van der Waals surface area contributed by atoms with Crippen LogP contribution in [0.5, 0.6) is 11.5 Å². The molecule has 1 heterocycles. The third kappa shape index (κ3) is 4.48. The molecule has 27 heavy (non-hydrogen) atoms. The van der Waals surface area contributed by atoms with E-state index in [4.69, 9.17) is 0 Å². The van der Waals surface area contributed by atoms with Crippen molar-refractivity contribution in [3.63, 3.8) is 0 Å². The molecule has 0 aromatic heterocycles. The number of phenolic OH excluding ortho intramolecular Hbond substituents is 1. The lowest BCUT2D eigenvalue weighted by Gasteiger charge is -2.36. The lowest BCUT2D eigenvalue weighted by atomic mass is 9.94. The monoisotopic (exact) mass is 388 g/mol. The van der Waals surface area contributed by atoms with Crippen LogP contribution in [-0.2, 0) is 0 Å². The molecule has 2 N–H and O–H groups in total. The van der Waals surface area contributed by atoms with Crippen LogP contribution in [0.1, 0.15) is 17.2 Å². The number of aromatic hydroxyl groups is 1. The molecule has 1 fully saturated rings. The number of halogens is 5. The fourth-order valence-electron chi connectivity index (χ4n) is 3.17. The molecule has 0 saturated carbocycles. The minimum absolute atomic E-state index is 0.249. The highest BCUT2D eigenvalue weighted by molar-refractivity contribution is 5.44. The summed E-state index contributed by atoms with van der Waals surface area (Å²) in [6.07, 6.45) is -4.83. The van der Waals surface area contributed by atoms with E-state index in [1.165, 1.54) is 12.1 Å². The molecule has 2 aromatic rings. The standard InChI is InChI=1S/C18H17F5N2O2/c19-13-5-6-14(20)17(26)15(13)16(25-9-7-24-8-10-25)11-1-3-12(4-2-11)27-18(21,22)23/h1-6,16,24,26H,7-10H2/t16-/m1/s1. The lowest BCUT2D eigenvalue weighted by molar-refractivity contribution is -0.274. The molecule has 0 aliphatic carbocycles. The maximum Gasteiger partial charge on any atom is 0.573 e. The molecule has 0 spiro atoms. The van der Waals surface area contributed by atoms with Crippen molar-refractivity contribution in [2.45, 2.75) is 12.4 Å². The number of ether oxygens (including phenoxy) is 1. The zero-order valence-corrected chi connectivity index (χ0v) is 14.1. The fourth-order valence-corrected chi connectivity index (χ4v) is 3.17. The maximum atomic E-state index is 14.5. The highest BCUT2D eigenvalue weighted by Gasteiger charge is 2.32. The van der Waals surface area contributed by atoms with E-state index in [2.05, 4.69) is 10.1 Å². The number of piperazine rings is 1. The van der Waals surface area contributed by atoms with E-state index in [0.29, 0.717) is 31.7 Å². The first-order valence-electron chi connectivity index (χ1n) is 8.23. The molecular weight excluding hydrogens is 371 g/mol. The van der Waals surface area contributed by atoms with E-state index in [1.54, 1.807) is 0 Å². The number of hydrogen-bond donors (Lipinski definition) is 2. The smallest absolute Gasteiger partial charge is 0.505 e. The molecule has 0 radical (unpaired) electrons. The molecule has 2 aromatic carbocycles. The van der Waals surface area contributed by atoms with Gasteiger partial charge in [-0.25, -0.2) is 8.78 Å². The Morgan fingerprint density at radius 3 is 2.15 bits per heavy atom. The predicted molar refractivity (Wildman–Crippen MR) is 87.4 cm³/mol. The normalized spacial score (nSPS) is 16.9. The summed E-state index contributed by atoms with van der Waals surface area (Å²) in [4.78, 5) is 1.83. The van der Waals surface area contributed by atoms with E-state index < -0.39 is 35.5 Å². The third-order valence-corrected chi connectivity index (χ3v) is 4.33. The van der Waals surface area contributed by atoms with Crippen LogP contribution in [-0.4, -0.2) is 42.5 Å². The minimum atomic E-state index is -4.83. The molecule has 4 nitrogen and oxygen atoms in total. The van der Waals surface area contributed by atoms with E-state index in [-0.39, 0.29) is 5.56 Å². The van der Waals surface area contributed by atoms with Crippen molar-refractivity contribution in [1.82, 2.24) is 10.2 Å². The van der Waals surface area contributed by atoms with Gasteiger partial charge >= 0.3 is 6.36 Å². The Hall–Kier alpha value is -2.39. The minimum Gasteiger partial charge on any atom is -0.505 e. The Labute approximate surface area is 152 Å². The number of phenols is 1. The molecule has 3 rings (SSSR count). The number of nitrogens with zero attached hydrogens (tertiary/aromatic N) is 1. The number of benzene rings is 2. The summed E-state index contributed by atoms with van der Waals surface area (Å²) in [6, 6.07) is 5.78. The van der Waals surface area contributed by atoms with E-state index in [0.717, 1.165) is 24.3 Å². The van der Waals surface area contributed by atoms with E-state index >= 15 is 0 Å². The van der Waals surface area contributed by atoms with Gasteiger partial charge in [0.15, 0.2) is 11.6 Å². The Balaban J connectivity index is 2.02. The van der Waals surface area contributed by atoms with Gasteiger partial charge in [-0.2, -0.15) is 0 Å². The van der Waals surface area contributed by atoms with E-state index in [9.17, 15) is 27.1 Å². The van der Waals surface area contributed by atoms with Crippen molar-refractivity contribution in [3.05, 3.63) is 59.2 Å². The zero-order chi connectivity index (χ0) is 19.6. The highest BCUT2D eigenvalue weighted by atomic mass is 19.4. The zero-order valence-electron chi connectivity index (χ0n) is 14.1. The SMILES string of the molecule is Oc1c(F)ccc(F)c1[C@@H](c1ccc(OC(F)(F)F)cc1)N1CCNCC1. The van der Waals surface area contributed by atoms with Crippen molar-refractivity contribution in [2.24, 2.45) is 0 Å². The fraction of sp³-hybridized carbons (Fsp3) is 0.333. The first kappa shape index (κ1) is 19.4. The summed E-state index contributed by atoms with van der Waals surface area (Å²) < 4.78 is 69.2. The number of hydrogen-bond acceptors (Lipinski definition) is 4. The summed E-state index contributed by atoms with van der Waals surface area (Å²) in [6.45, 7) is 2.18. The summed E-state index contributed by atoms with van der Waals surface area (Å²) in [5.41, 5.74) is 0.160. The van der Waals surface area contributed by atoms with Crippen LogP contribution < -0.4 is 10.1 Å². The van der Waals surface area contributed by atoms with Crippen LogP contribution in [0.4, 0.5) is 22.0 Å². The quantitative estimate of drug-likeness (QED) is 0.787. The molecule has 0 amide bonds. The topological polar surface area (TPSA) is 44.7 Å². The molecule has 1 aliphatic heterocycles. The largest absolute Gasteiger partial charge is 0.573 e. The van der Waals surface area contributed by atoms with Crippen molar-refractivity contribution < 1.29 is 31.8 Å². The number of rotatable bonds is 4. The Kier molecular flexibility index (Phi) is 5.52. The molecule has 0 bridgehead atoms. The van der Waals surface area contributed by atoms with Gasteiger partial charge in [0.1, 0.15) is 11.6 Å². The third-order valence-electron chi connectivity index (χ3n) is 4.33. The Bertz CT molecular complexity index is 790. The molecule has 1 saturated heterocycles. The number of alkyl halides is 3. The second-order valence-electron chi connectivity index (χ2n) is 6.10. The van der Waals surface area contributed by atoms with Gasteiger partial charge in [-0.05, 0) is 29.8 Å². The van der Waals surface area contributed by atoms with Gasteiger partial charge in [-0.15, -0.1) is 13.2 Å². The van der Waals surface area contributed by atoms with Crippen LogP contribution in [0, 0.1) is 11.6 Å². The van der Waals surface area contributed by atoms with Crippen molar-refractivity contribution >= 4 is 0 Å². The van der Waals surface area contributed by atoms with E-state index in [1.807, 2.05) is 4.90 Å². The first-order valence-corrected chi connectivity index (χ1v) is 8.23. The van der Waals surface area contributed by atoms with Crippen LogP contribution >= 0.6 is 0 Å². The molecule has 9 heteroatoms. The van der Waals surface area contributed by atoms with Gasteiger partial charge < -0.3 is 15.2 Å². The van der Waals surface area contributed by atoms with Crippen LogP contribution in [0.3, 0.4) is 0 Å². The summed E-state index contributed by atoms with van der Waals surface area (Å²) in [5, 5.41) is 13.2. The Morgan fingerprint density at radius 1 is 0.963 bits per heavy atom. The number of nitrogens with one attached hydrogen (secondary N) is 1. The molecule has 1 aliphatic rings. The average molecular weight is 388 g/mol.